The van der Waals surface area contributed by atoms with Gasteiger partial charge in [0.25, 0.3) is 0 Å². The van der Waals surface area contributed by atoms with Crippen LogP contribution in [0.15, 0.2) is 53.2 Å². The maximum Gasteiger partial charge on any atom is 0.154 e. The summed E-state index contributed by atoms with van der Waals surface area (Å²) in [7, 11) is 0. The third-order valence-corrected chi connectivity index (χ3v) is 7.20. The zero-order valence-electron chi connectivity index (χ0n) is 19.1. The molecule has 0 spiro atoms. The number of nitrogens with two attached hydrogens (primary N) is 1. The molecule has 2 atom stereocenters. The van der Waals surface area contributed by atoms with Gasteiger partial charge in [0.05, 0.1) is 24.9 Å². The molecule has 3 fully saturated rings. The van der Waals surface area contributed by atoms with E-state index in [1.54, 1.807) is 6.20 Å². The summed E-state index contributed by atoms with van der Waals surface area (Å²) in [6, 6.07) is -0.0412. The van der Waals surface area contributed by atoms with Crippen LogP contribution in [0, 0.1) is 5.92 Å². The Kier molecular flexibility index (Phi) is 4.83. The second-order valence-electron chi connectivity index (χ2n) is 9.98. The van der Waals surface area contributed by atoms with Gasteiger partial charge in [0.1, 0.15) is 17.3 Å². The minimum atomic E-state index is -0.0412. The van der Waals surface area contributed by atoms with Crippen molar-refractivity contribution in [2.45, 2.75) is 69.7 Å². The molecule has 0 bridgehead atoms. The van der Waals surface area contributed by atoms with Gasteiger partial charge in [-0.05, 0) is 44.8 Å². The van der Waals surface area contributed by atoms with Crippen molar-refractivity contribution in [2.75, 3.05) is 6.54 Å². The van der Waals surface area contributed by atoms with Crippen LogP contribution in [0.5, 0.6) is 0 Å². The molecule has 6 rings (SSSR count). The molecule has 174 valence electrons. The number of nitrogens with one attached hydrogen (secondary N) is 2. The molecular formula is C24H32N8O. The first-order valence-corrected chi connectivity index (χ1v) is 12.0. The van der Waals surface area contributed by atoms with E-state index in [-0.39, 0.29) is 17.6 Å². The van der Waals surface area contributed by atoms with E-state index in [0.717, 1.165) is 67.0 Å². The monoisotopic (exact) mass is 448 g/mol. The maximum absolute atomic E-state index is 6.65. The van der Waals surface area contributed by atoms with Crippen LogP contribution in [-0.4, -0.2) is 43.7 Å². The number of hydrogen-bond donors (Lipinski definition) is 3. The Morgan fingerprint density at radius 1 is 1.33 bits per heavy atom. The van der Waals surface area contributed by atoms with Crippen LogP contribution in [0.1, 0.15) is 56.6 Å². The molecule has 0 aromatic carbocycles. The van der Waals surface area contributed by atoms with Crippen LogP contribution in [0.4, 0.5) is 0 Å². The number of rotatable bonds is 6. The number of nitrogens with zero attached hydrogens (tertiary/aromatic N) is 5. The summed E-state index contributed by atoms with van der Waals surface area (Å²) < 4.78 is 8.28. The van der Waals surface area contributed by atoms with Crippen molar-refractivity contribution >= 4 is 5.84 Å². The van der Waals surface area contributed by atoms with E-state index >= 15 is 0 Å². The van der Waals surface area contributed by atoms with E-state index in [1.165, 1.54) is 12.8 Å². The topological polar surface area (TPSA) is 106 Å². The standard InChI is InChI=1S/C24H32N8O/c1-3-26-20(31-10-11-32-21(14-31)27-23(30-32)15-4-5-15)13-18(25)22-17-12-16(33-24(2)8-9-24)6-7-19(17)28-29-22/h3,6-7,13,15,17,22,28-29H,1,4-5,8-12,14,25H2,2H3/b18-13-,26-20+/t17-,22+/m0/s1. The molecule has 1 aromatic rings. The van der Waals surface area contributed by atoms with E-state index in [9.17, 15) is 0 Å². The van der Waals surface area contributed by atoms with Gasteiger partial charge in [-0.25, -0.2) is 20.1 Å². The highest BCUT2D eigenvalue weighted by molar-refractivity contribution is 5.94. The van der Waals surface area contributed by atoms with E-state index in [0.29, 0.717) is 12.5 Å². The molecule has 2 aliphatic heterocycles. The summed E-state index contributed by atoms with van der Waals surface area (Å²) in [6.07, 6.45) is 13.2. The van der Waals surface area contributed by atoms with Crippen LogP contribution in [0.3, 0.4) is 0 Å². The molecule has 9 heteroatoms. The molecular weight excluding hydrogens is 416 g/mol. The first kappa shape index (κ1) is 20.5. The van der Waals surface area contributed by atoms with Gasteiger partial charge in [-0.2, -0.15) is 5.10 Å². The van der Waals surface area contributed by atoms with Crippen molar-refractivity contribution in [1.29, 1.82) is 0 Å². The van der Waals surface area contributed by atoms with E-state index in [4.69, 9.17) is 20.6 Å². The van der Waals surface area contributed by atoms with Crippen LogP contribution >= 0.6 is 0 Å². The highest BCUT2D eigenvalue weighted by atomic mass is 16.5. The van der Waals surface area contributed by atoms with Crippen molar-refractivity contribution < 1.29 is 4.74 Å². The van der Waals surface area contributed by atoms with Crippen molar-refractivity contribution in [3.8, 4) is 0 Å². The van der Waals surface area contributed by atoms with Gasteiger partial charge in [-0.3, -0.25) is 0 Å². The van der Waals surface area contributed by atoms with Crippen molar-refractivity contribution in [3.63, 3.8) is 0 Å². The molecule has 33 heavy (non-hydrogen) atoms. The van der Waals surface area contributed by atoms with Crippen molar-refractivity contribution in [2.24, 2.45) is 16.6 Å². The quantitative estimate of drug-likeness (QED) is 0.452. The fraction of sp³-hybridized carbons (Fsp3) is 0.542. The van der Waals surface area contributed by atoms with Gasteiger partial charge in [-0.15, -0.1) is 0 Å². The average Bonchev–Trinajstić information content (AvgIpc) is 3.69. The normalized spacial score (nSPS) is 28.3. The summed E-state index contributed by atoms with van der Waals surface area (Å²) in [5.41, 5.74) is 15.2. The number of aliphatic imine (C=N–C) groups is 1. The molecule has 1 aromatic heterocycles. The third kappa shape index (κ3) is 4.06. The molecule has 0 radical (unpaired) electrons. The molecule has 5 aliphatic rings. The fourth-order valence-electron chi connectivity index (χ4n) is 4.79. The predicted octanol–water partition coefficient (Wildman–Crippen LogP) is 2.19. The number of ether oxygens (including phenoxy) is 1. The first-order chi connectivity index (χ1) is 16.0. The summed E-state index contributed by atoms with van der Waals surface area (Å²) in [5.74, 6) is 4.58. The minimum Gasteiger partial charge on any atom is -0.492 e. The Balaban J connectivity index is 1.18. The van der Waals surface area contributed by atoms with E-state index in [1.807, 2.05) is 10.8 Å². The van der Waals surface area contributed by atoms with Gasteiger partial charge < -0.3 is 20.8 Å². The SMILES string of the molecule is C=C/N=C(\C=C(/N)[C@@H]1NNC2=CC=C(OC3(C)CC3)C[C@@H]21)N1CCn2nc(C3CC3)nc2C1. The number of allylic oxidation sites excluding steroid dienone is 3. The highest BCUT2D eigenvalue weighted by Crippen LogP contribution is 2.43. The van der Waals surface area contributed by atoms with Gasteiger partial charge >= 0.3 is 0 Å². The van der Waals surface area contributed by atoms with Crippen LogP contribution < -0.4 is 16.6 Å². The van der Waals surface area contributed by atoms with E-state index < -0.39 is 0 Å². The summed E-state index contributed by atoms with van der Waals surface area (Å²) in [5, 5.41) is 4.70. The number of amidine groups is 1. The lowest BCUT2D eigenvalue weighted by Crippen LogP contribution is -2.40. The van der Waals surface area contributed by atoms with Crippen molar-refractivity contribution in [3.05, 3.63) is 59.8 Å². The molecule has 4 N–H and O–H groups in total. The Labute approximate surface area is 194 Å². The lowest BCUT2D eigenvalue weighted by atomic mass is 9.88. The number of aromatic nitrogens is 3. The summed E-state index contributed by atoms with van der Waals surface area (Å²) in [4.78, 5) is 11.5. The molecule has 3 aliphatic carbocycles. The van der Waals surface area contributed by atoms with Crippen LogP contribution in [0.25, 0.3) is 0 Å². The number of fused-ring (bicyclic) bond motifs is 2. The highest BCUT2D eigenvalue weighted by Gasteiger charge is 2.43. The average molecular weight is 449 g/mol. The van der Waals surface area contributed by atoms with Gasteiger partial charge in [0.15, 0.2) is 5.82 Å². The zero-order valence-corrected chi connectivity index (χ0v) is 19.1. The lowest BCUT2D eigenvalue weighted by Gasteiger charge is -2.29. The molecule has 9 nitrogen and oxygen atoms in total. The minimum absolute atomic E-state index is 0.0193. The van der Waals surface area contributed by atoms with E-state index in [2.05, 4.69) is 46.4 Å². The van der Waals surface area contributed by atoms with Gasteiger partial charge in [0, 0.05) is 48.5 Å². The molecule has 3 heterocycles. The zero-order chi connectivity index (χ0) is 22.6. The van der Waals surface area contributed by atoms with Crippen molar-refractivity contribution in [1.82, 2.24) is 30.5 Å². The fourth-order valence-corrected chi connectivity index (χ4v) is 4.79. The van der Waals surface area contributed by atoms with Gasteiger partial charge in [-0.1, -0.05) is 6.58 Å². The maximum atomic E-state index is 6.65. The third-order valence-electron chi connectivity index (χ3n) is 7.20. The number of hydrazine groups is 1. The lowest BCUT2D eigenvalue weighted by molar-refractivity contribution is 0.0979. The second kappa shape index (κ2) is 7.76. The Bertz CT molecular complexity index is 1090. The molecule has 0 amide bonds. The molecule has 1 saturated heterocycles. The number of hydrogen-bond acceptors (Lipinski definition) is 7. The summed E-state index contributed by atoms with van der Waals surface area (Å²) in [6.45, 7) is 8.26. The second-order valence-corrected chi connectivity index (χ2v) is 9.98. The summed E-state index contributed by atoms with van der Waals surface area (Å²) >= 11 is 0. The largest absolute Gasteiger partial charge is 0.492 e. The Hall–Kier alpha value is -3.07. The van der Waals surface area contributed by atoms with Crippen LogP contribution in [0.2, 0.25) is 0 Å². The molecule has 0 unspecified atom stereocenters. The Morgan fingerprint density at radius 2 is 2.18 bits per heavy atom. The van der Waals surface area contributed by atoms with Crippen LogP contribution in [-0.2, 0) is 17.8 Å². The Morgan fingerprint density at radius 3 is 2.94 bits per heavy atom. The predicted molar refractivity (Wildman–Crippen MR) is 125 cm³/mol. The first-order valence-electron chi connectivity index (χ1n) is 12.0. The van der Waals surface area contributed by atoms with Gasteiger partial charge in [0.2, 0.25) is 0 Å². The molecule has 2 saturated carbocycles. The smallest absolute Gasteiger partial charge is 0.154 e.